The topological polar surface area (TPSA) is 137 Å². The van der Waals surface area contributed by atoms with Gasteiger partial charge in [0.25, 0.3) is 11.8 Å². The summed E-state index contributed by atoms with van der Waals surface area (Å²) in [6.07, 6.45) is 2.19. The monoisotopic (exact) mass is 462 g/mol. The first-order valence-corrected chi connectivity index (χ1v) is 11.3. The van der Waals surface area contributed by atoms with Crippen molar-refractivity contribution in [2.75, 3.05) is 25.9 Å². The van der Waals surface area contributed by atoms with Gasteiger partial charge in [-0.3, -0.25) is 9.59 Å². The number of piperidine rings is 1. The number of hydrogen-bond donors (Lipinski definition) is 4. The van der Waals surface area contributed by atoms with Gasteiger partial charge in [0.05, 0.1) is 12.7 Å². The Morgan fingerprint density at radius 3 is 2.65 bits per heavy atom. The molecular weight excluding hydrogens is 432 g/mol. The first-order chi connectivity index (χ1) is 16.5. The highest BCUT2D eigenvalue weighted by Gasteiger charge is 2.23. The van der Waals surface area contributed by atoms with Gasteiger partial charge in [0.2, 0.25) is 0 Å². The Hall–Kier alpha value is -3.85. The van der Waals surface area contributed by atoms with Gasteiger partial charge < -0.3 is 26.8 Å². The van der Waals surface area contributed by atoms with Crippen molar-refractivity contribution in [3.05, 3.63) is 65.2 Å². The van der Waals surface area contributed by atoms with Gasteiger partial charge in [-0.25, -0.2) is 4.68 Å². The molecule has 1 aromatic heterocycles. The van der Waals surface area contributed by atoms with E-state index >= 15 is 0 Å². The van der Waals surface area contributed by atoms with Crippen LogP contribution in [0.2, 0.25) is 0 Å². The number of para-hydroxylation sites is 1. The minimum absolute atomic E-state index is 0.221. The zero-order valence-electron chi connectivity index (χ0n) is 19.2. The Kier molecular flexibility index (Phi) is 7.12. The second-order valence-corrected chi connectivity index (χ2v) is 8.45. The first-order valence-electron chi connectivity index (χ1n) is 11.3. The molecule has 9 nitrogen and oxygen atoms in total. The molecule has 1 saturated heterocycles. The molecule has 2 heterocycles. The summed E-state index contributed by atoms with van der Waals surface area (Å²) in [5.74, 6) is 0.390. The van der Waals surface area contributed by atoms with Crippen LogP contribution in [0.4, 0.5) is 5.82 Å². The number of anilines is 1. The normalized spacial score (nSPS) is 15.6. The Morgan fingerprint density at radius 1 is 1.21 bits per heavy atom. The summed E-state index contributed by atoms with van der Waals surface area (Å²) in [5.41, 5.74) is 14.7. The van der Waals surface area contributed by atoms with Crippen LogP contribution < -0.4 is 26.8 Å². The third-order valence-electron chi connectivity index (χ3n) is 6.10. The lowest BCUT2D eigenvalue weighted by atomic mass is 10.00. The summed E-state index contributed by atoms with van der Waals surface area (Å²) >= 11 is 0. The number of carbonyl (C=O) groups excluding carboxylic acids is 2. The van der Waals surface area contributed by atoms with E-state index in [-0.39, 0.29) is 11.5 Å². The Bertz CT molecular complexity index is 1170. The highest BCUT2D eigenvalue weighted by molar-refractivity contribution is 6.03. The van der Waals surface area contributed by atoms with Crippen LogP contribution in [0.5, 0.6) is 5.75 Å². The molecule has 2 aromatic carbocycles. The lowest BCUT2D eigenvalue weighted by Crippen LogP contribution is -2.32. The van der Waals surface area contributed by atoms with Gasteiger partial charge >= 0.3 is 0 Å². The number of ether oxygens (including phenoxy) is 1. The molecule has 1 aliphatic rings. The molecule has 3 aromatic rings. The molecule has 2 amide bonds. The first kappa shape index (κ1) is 23.3. The third-order valence-corrected chi connectivity index (χ3v) is 6.10. The largest absolute Gasteiger partial charge is 0.496 e. The van der Waals surface area contributed by atoms with E-state index in [1.54, 1.807) is 22.9 Å². The summed E-state index contributed by atoms with van der Waals surface area (Å²) in [6, 6.07) is 14.5. The SMILES string of the molecule is COc1ccccc1C(=O)NCc1ccc(-c2nn(CC3CCCNC3)c(N)c2C(N)=O)cc1. The molecular formula is C25H30N6O3. The lowest BCUT2D eigenvalue weighted by Gasteiger charge is -2.22. The van der Waals surface area contributed by atoms with E-state index in [0.29, 0.717) is 41.8 Å². The van der Waals surface area contributed by atoms with Crippen LogP contribution >= 0.6 is 0 Å². The van der Waals surface area contributed by atoms with Gasteiger partial charge in [-0.15, -0.1) is 0 Å². The number of methoxy groups -OCH3 is 1. The van der Waals surface area contributed by atoms with Crippen molar-refractivity contribution in [2.45, 2.75) is 25.9 Å². The standard InChI is InChI=1S/C25H30N6O3/c1-34-20-7-3-2-6-19(20)25(33)29-14-16-8-10-18(11-9-16)22-21(24(27)32)23(26)31(30-22)15-17-5-4-12-28-13-17/h2-3,6-11,17,28H,4-5,12-15,26H2,1H3,(H2,27,32)(H,29,33). The van der Waals surface area contributed by atoms with Gasteiger partial charge in [0.15, 0.2) is 0 Å². The van der Waals surface area contributed by atoms with Crippen molar-refractivity contribution < 1.29 is 14.3 Å². The number of nitrogens with zero attached hydrogens (tertiary/aromatic N) is 2. The molecule has 4 rings (SSSR count). The van der Waals surface area contributed by atoms with Gasteiger partial charge in [-0.2, -0.15) is 5.10 Å². The minimum Gasteiger partial charge on any atom is -0.496 e. The summed E-state index contributed by atoms with van der Waals surface area (Å²) < 4.78 is 6.94. The van der Waals surface area contributed by atoms with E-state index in [2.05, 4.69) is 15.7 Å². The molecule has 9 heteroatoms. The van der Waals surface area contributed by atoms with Crippen molar-refractivity contribution in [1.29, 1.82) is 0 Å². The predicted molar refractivity (Wildman–Crippen MR) is 130 cm³/mol. The van der Waals surface area contributed by atoms with E-state index in [1.807, 2.05) is 30.3 Å². The van der Waals surface area contributed by atoms with E-state index in [4.69, 9.17) is 16.2 Å². The minimum atomic E-state index is -0.603. The number of rotatable bonds is 8. The fourth-order valence-electron chi connectivity index (χ4n) is 4.27. The predicted octanol–water partition coefficient (Wildman–Crippen LogP) is 2.17. The maximum atomic E-state index is 12.5. The Labute approximate surface area is 198 Å². The van der Waals surface area contributed by atoms with Crippen LogP contribution in [0.1, 0.15) is 39.1 Å². The smallest absolute Gasteiger partial charge is 0.255 e. The number of benzene rings is 2. The summed E-state index contributed by atoms with van der Waals surface area (Å²) in [6.45, 7) is 2.89. The third kappa shape index (κ3) is 5.04. The lowest BCUT2D eigenvalue weighted by molar-refractivity contribution is 0.0946. The van der Waals surface area contributed by atoms with Crippen LogP contribution in [0.3, 0.4) is 0 Å². The van der Waals surface area contributed by atoms with Crippen molar-refractivity contribution >= 4 is 17.6 Å². The maximum absolute atomic E-state index is 12.5. The molecule has 0 bridgehead atoms. The number of nitrogens with two attached hydrogens (primary N) is 2. The van der Waals surface area contributed by atoms with E-state index < -0.39 is 5.91 Å². The molecule has 34 heavy (non-hydrogen) atoms. The number of primary amides is 1. The van der Waals surface area contributed by atoms with Crippen LogP contribution in [0.15, 0.2) is 48.5 Å². The summed E-state index contributed by atoms with van der Waals surface area (Å²) in [7, 11) is 1.53. The zero-order chi connectivity index (χ0) is 24.1. The Balaban J connectivity index is 1.49. The molecule has 0 saturated carbocycles. The van der Waals surface area contributed by atoms with Crippen LogP contribution in [0, 0.1) is 5.92 Å². The molecule has 0 spiro atoms. The number of nitrogens with one attached hydrogen (secondary N) is 2. The number of hydrogen-bond acceptors (Lipinski definition) is 6. The molecule has 1 atom stereocenters. The fourth-order valence-corrected chi connectivity index (χ4v) is 4.27. The highest BCUT2D eigenvalue weighted by atomic mass is 16.5. The molecule has 1 fully saturated rings. The average Bonchev–Trinajstić information content (AvgIpc) is 3.19. The average molecular weight is 463 g/mol. The van der Waals surface area contributed by atoms with E-state index in [1.165, 1.54) is 7.11 Å². The van der Waals surface area contributed by atoms with Gasteiger partial charge in [-0.1, -0.05) is 36.4 Å². The number of carbonyl (C=O) groups is 2. The molecule has 0 aliphatic carbocycles. The number of nitrogen functional groups attached to an aromatic ring is 1. The second kappa shape index (κ2) is 10.4. The molecule has 178 valence electrons. The van der Waals surface area contributed by atoms with Crippen LogP contribution in [-0.2, 0) is 13.1 Å². The highest BCUT2D eigenvalue weighted by Crippen LogP contribution is 2.28. The quantitative estimate of drug-likeness (QED) is 0.405. The summed E-state index contributed by atoms with van der Waals surface area (Å²) in [5, 5.41) is 10.9. The molecule has 1 unspecified atom stereocenters. The summed E-state index contributed by atoms with van der Waals surface area (Å²) in [4.78, 5) is 24.7. The molecule has 1 aliphatic heterocycles. The molecule has 6 N–H and O–H groups in total. The van der Waals surface area contributed by atoms with Gasteiger partial charge in [0.1, 0.15) is 22.8 Å². The number of amides is 2. The van der Waals surface area contributed by atoms with Gasteiger partial charge in [0, 0.05) is 18.7 Å². The van der Waals surface area contributed by atoms with Crippen molar-refractivity contribution in [2.24, 2.45) is 11.7 Å². The second-order valence-electron chi connectivity index (χ2n) is 8.45. The zero-order valence-corrected chi connectivity index (χ0v) is 19.2. The maximum Gasteiger partial charge on any atom is 0.255 e. The van der Waals surface area contributed by atoms with Crippen LogP contribution in [0.25, 0.3) is 11.3 Å². The molecule has 0 radical (unpaired) electrons. The van der Waals surface area contributed by atoms with Crippen molar-refractivity contribution in [3.63, 3.8) is 0 Å². The van der Waals surface area contributed by atoms with Crippen molar-refractivity contribution in [3.8, 4) is 17.0 Å². The van der Waals surface area contributed by atoms with Crippen molar-refractivity contribution in [1.82, 2.24) is 20.4 Å². The van der Waals surface area contributed by atoms with Crippen LogP contribution in [-0.4, -0.2) is 41.8 Å². The number of aromatic nitrogens is 2. The van der Waals surface area contributed by atoms with E-state index in [9.17, 15) is 9.59 Å². The Morgan fingerprint density at radius 2 is 1.97 bits per heavy atom. The van der Waals surface area contributed by atoms with E-state index in [0.717, 1.165) is 37.1 Å². The fraction of sp³-hybridized carbons (Fsp3) is 0.320. The van der Waals surface area contributed by atoms with Gasteiger partial charge in [-0.05, 0) is 49.5 Å².